The van der Waals surface area contributed by atoms with E-state index in [1.54, 1.807) is 69.1 Å². The molecule has 5 amide bonds. The molecule has 0 spiro atoms. The minimum Gasteiger partial charge on any atom is -0.496 e. The number of aromatic amines is 8. The van der Waals surface area contributed by atoms with Crippen LogP contribution in [0.5, 0.6) is 17.2 Å². The average molecular weight is 1840 g/mol. The Balaban J connectivity index is 0.000000124. The summed E-state index contributed by atoms with van der Waals surface area (Å²) >= 11 is 6.01. The van der Waals surface area contributed by atoms with Gasteiger partial charge < -0.3 is 79.4 Å². The molecule has 0 aliphatic carbocycles. The number of morpholine rings is 3. The molecule has 3 aliphatic heterocycles. The first-order valence-electron chi connectivity index (χ1n) is 41.8. The van der Waals surface area contributed by atoms with Gasteiger partial charge in [0.15, 0.2) is 52.6 Å². The Labute approximate surface area is 756 Å². The monoisotopic (exact) mass is 1830 g/mol. The highest BCUT2D eigenvalue weighted by Gasteiger charge is 2.33. The molecule has 3 saturated heterocycles. The lowest BCUT2D eigenvalue weighted by Gasteiger charge is -2.26. The van der Waals surface area contributed by atoms with Crippen molar-refractivity contribution in [3.63, 3.8) is 0 Å². The summed E-state index contributed by atoms with van der Waals surface area (Å²) in [4.78, 5) is 93.4. The number of urea groups is 1. The molecule has 12 heterocycles. The fourth-order valence-electron chi connectivity index (χ4n) is 15.0. The molecular formula is C91H85ClF5N25O11. The molecule has 42 heteroatoms. The molecule has 0 saturated carbocycles. The normalized spacial score (nSPS) is 13.8. The number of amides is 5. The van der Waals surface area contributed by atoms with Crippen LogP contribution in [0.4, 0.5) is 49.5 Å². The van der Waals surface area contributed by atoms with E-state index in [4.69, 9.17) is 49.4 Å². The van der Waals surface area contributed by atoms with Crippen LogP contribution in [-0.4, -0.2) is 224 Å². The van der Waals surface area contributed by atoms with Crippen LogP contribution in [0.1, 0.15) is 59.0 Å². The molecule has 133 heavy (non-hydrogen) atoms. The third-order valence-corrected chi connectivity index (χ3v) is 22.0. The molecule has 17 aromatic rings. The summed E-state index contributed by atoms with van der Waals surface area (Å²) in [5.41, 5.74) is 13.7. The van der Waals surface area contributed by atoms with Gasteiger partial charge in [0.05, 0.1) is 169 Å². The predicted molar refractivity (Wildman–Crippen MR) is 484 cm³/mol. The number of nitrogens with one attached hydrogen (secondary N) is 13. The van der Waals surface area contributed by atoms with Gasteiger partial charge in [0.1, 0.15) is 40.2 Å². The summed E-state index contributed by atoms with van der Waals surface area (Å²) in [6.45, 7) is 12.7. The third-order valence-electron chi connectivity index (χ3n) is 21.8. The average Bonchev–Trinajstić information content (AvgIpc) is 1.62. The number of halogens is 6. The van der Waals surface area contributed by atoms with Crippen molar-refractivity contribution in [2.75, 3.05) is 122 Å². The molecular weight excluding hydrogens is 1750 g/mol. The van der Waals surface area contributed by atoms with Crippen molar-refractivity contribution in [3.05, 3.63) is 250 Å². The molecule has 20 rings (SSSR count). The molecule has 8 aromatic carbocycles. The van der Waals surface area contributed by atoms with Crippen LogP contribution in [0.15, 0.2) is 193 Å². The van der Waals surface area contributed by atoms with Crippen LogP contribution in [-0.2, 0) is 46.6 Å². The highest BCUT2D eigenvalue weighted by Crippen LogP contribution is 2.38. The molecule has 0 atom stereocenters. The second kappa shape index (κ2) is 40.6. The van der Waals surface area contributed by atoms with Gasteiger partial charge in [0.2, 0.25) is 0 Å². The maximum atomic E-state index is 14.1. The summed E-state index contributed by atoms with van der Waals surface area (Å²) < 4.78 is 104. The van der Waals surface area contributed by atoms with Gasteiger partial charge in [-0.1, -0.05) is 72.3 Å². The summed E-state index contributed by atoms with van der Waals surface area (Å²) in [6.07, 6.45) is 2.41. The number of aromatic nitrogens is 17. The molecule has 0 radical (unpaired) electrons. The van der Waals surface area contributed by atoms with E-state index < -0.39 is 41.0 Å². The third kappa shape index (κ3) is 21.5. The van der Waals surface area contributed by atoms with Crippen molar-refractivity contribution in [3.8, 4) is 74.6 Å². The number of imidazole rings is 4. The lowest BCUT2D eigenvalue weighted by molar-refractivity contribution is -0.137. The van der Waals surface area contributed by atoms with E-state index in [0.717, 1.165) is 135 Å². The minimum absolute atomic E-state index is 0.138. The Morgan fingerprint density at radius 2 is 0.865 bits per heavy atom. The van der Waals surface area contributed by atoms with Crippen molar-refractivity contribution >= 4 is 102 Å². The van der Waals surface area contributed by atoms with Gasteiger partial charge in [-0.3, -0.25) is 49.5 Å². The zero-order chi connectivity index (χ0) is 92.1. The topological polar surface area (TPSA) is 449 Å². The van der Waals surface area contributed by atoms with Gasteiger partial charge in [-0.05, 0) is 107 Å². The van der Waals surface area contributed by atoms with Crippen LogP contribution < -0.4 is 40.8 Å². The van der Waals surface area contributed by atoms with Gasteiger partial charge in [-0.2, -0.15) is 33.6 Å². The first kappa shape index (κ1) is 89.5. The second-order valence-electron chi connectivity index (χ2n) is 30.7. The minimum atomic E-state index is -4.71. The fourth-order valence-corrected chi connectivity index (χ4v) is 15.2. The number of carbonyl (C=O) groups is 4. The number of nitrogens with zero attached hydrogens (tertiary/aromatic N) is 12. The molecule has 13 N–H and O–H groups in total. The van der Waals surface area contributed by atoms with Gasteiger partial charge >= 0.3 is 12.2 Å². The number of carbonyl (C=O) groups excluding carboxylic acids is 4. The van der Waals surface area contributed by atoms with Crippen LogP contribution in [0.3, 0.4) is 0 Å². The Morgan fingerprint density at radius 1 is 0.444 bits per heavy atom. The molecule has 9 aromatic heterocycles. The Kier molecular flexibility index (Phi) is 27.3. The number of oxazole rings is 1. The van der Waals surface area contributed by atoms with Gasteiger partial charge in [0, 0.05) is 88.2 Å². The quantitative estimate of drug-likeness (QED) is 0.0265. The van der Waals surface area contributed by atoms with E-state index in [9.17, 15) is 41.1 Å². The smallest absolute Gasteiger partial charge is 0.416 e. The lowest BCUT2D eigenvalue weighted by Crippen LogP contribution is -2.35. The van der Waals surface area contributed by atoms with Crippen molar-refractivity contribution in [1.82, 2.24) is 106 Å². The van der Waals surface area contributed by atoms with Crippen molar-refractivity contribution in [2.45, 2.75) is 32.4 Å². The zero-order valence-electron chi connectivity index (χ0n) is 71.3. The van der Waals surface area contributed by atoms with E-state index in [1.165, 1.54) is 49.2 Å². The Hall–Kier alpha value is -15.5. The van der Waals surface area contributed by atoms with Gasteiger partial charge in [-0.15, -0.1) is 0 Å². The zero-order valence-corrected chi connectivity index (χ0v) is 72.1. The number of alkyl halides is 3. The molecule has 0 unspecified atom stereocenters. The van der Waals surface area contributed by atoms with Crippen molar-refractivity contribution in [2.24, 2.45) is 0 Å². The van der Waals surface area contributed by atoms with E-state index in [1.807, 2.05) is 60.7 Å². The largest absolute Gasteiger partial charge is 0.496 e. The number of hydrogen-bond acceptors (Lipinski definition) is 23. The molecule has 3 fully saturated rings. The predicted octanol–water partition coefficient (Wildman–Crippen LogP) is 15.0. The van der Waals surface area contributed by atoms with Gasteiger partial charge in [0.25, 0.3) is 17.7 Å². The van der Waals surface area contributed by atoms with Crippen molar-refractivity contribution in [1.29, 1.82) is 0 Å². The highest BCUT2D eigenvalue weighted by molar-refractivity contribution is 6.31. The number of methoxy groups -OCH3 is 3. The van der Waals surface area contributed by atoms with E-state index in [2.05, 4.69) is 146 Å². The number of anilines is 4. The Bertz CT molecular complexity index is 6930. The van der Waals surface area contributed by atoms with Crippen LogP contribution in [0.2, 0.25) is 5.02 Å². The van der Waals surface area contributed by atoms with E-state index >= 15 is 0 Å². The van der Waals surface area contributed by atoms with E-state index in [-0.39, 0.29) is 29.7 Å². The first-order chi connectivity index (χ1) is 64.7. The van der Waals surface area contributed by atoms with Crippen LogP contribution >= 0.6 is 11.6 Å². The first-order valence-corrected chi connectivity index (χ1v) is 42.1. The van der Waals surface area contributed by atoms with E-state index in [0.29, 0.717) is 139 Å². The van der Waals surface area contributed by atoms with Crippen LogP contribution in [0.25, 0.3) is 102 Å². The SMILES string of the molecule is COc1cc(Cl)ccc1C(=O)Nc1cn[nH]c1-c1nc2ccc(CN3CCOCC3)cc2[nH]1.COc1cc2nc(-c3[nH]ncc3NC(=O)NCc3ccc(F)cc3)[nH]c2cc1OC.O=C(Nc1cn[nH]c1-c1nc2ccc(CN3CCOCC3)cc2[nH]1)c1cc(C(F)(F)F)ccc1F.O=C(Nc1cn[nH]c1-c1nc2ccc(CN3CCOCC3)cc2[nH]1)c1ncoc1-c1ccccc1. The number of ether oxygens (including phenoxy) is 6. The fraction of sp³-hybridized carbons (Fsp3) is 0.220. The van der Waals surface area contributed by atoms with Gasteiger partial charge in [-0.25, -0.2) is 38.5 Å². The summed E-state index contributed by atoms with van der Waals surface area (Å²) in [6, 6.07) is 43.1. The summed E-state index contributed by atoms with van der Waals surface area (Å²) in [5.74, 6) is 0.779. The highest BCUT2D eigenvalue weighted by atomic mass is 35.5. The Morgan fingerprint density at radius 3 is 1.32 bits per heavy atom. The molecule has 3 aliphatic rings. The molecule has 36 nitrogen and oxygen atoms in total. The summed E-state index contributed by atoms with van der Waals surface area (Å²) in [5, 5.41) is 41.6. The van der Waals surface area contributed by atoms with Crippen LogP contribution in [0, 0.1) is 11.6 Å². The lowest BCUT2D eigenvalue weighted by atomic mass is 10.1. The molecule has 682 valence electrons. The second-order valence-corrected chi connectivity index (χ2v) is 31.1. The number of fused-ring (bicyclic) bond motifs is 4. The maximum Gasteiger partial charge on any atom is 0.416 e. The van der Waals surface area contributed by atoms with Crippen molar-refractivity contribution < 1.29 is 74.0 Å². The molecule has 0 bridgehead atoms. The summed E-state index contributed by atoms with van der Waals surface area (Å²) in [7, 11) is 4.61. The standard InChI is InChI=1S/C25H23N7O3.C23H23ClN6O3.C23H20F4N6O2.C20H19FN6O3/c33-25(22-23(35-15-26-22)17-4-2-1-3-5-17)30-20-13-27-31-21(20)24-28-18-7-6-16(12-19(18)29-24)14-32-8-10-34-11-9-32;1-32-20-11-15(24)3-4-16(20)23(31)28-19-12-25-29-21(19)22-26-17-5-2-14(10-18(17)27-22)13-30-6-8-33-9-7-30;24-16-3-2-14(23(25,26)27)10-15(16)22(34)31-19-11-28-32-20(19)21-29-17-4-1-13(9-18(17)30-21)12-33-5-7-35-8-6-33;1-29-16-7-13-14(8-17(16)30-2)25-19(24-13)18-15(10-23-27-18)26-20(28)22-9-11-3-5-12(21)6-4-11/h1-7,12-13,15H,8-11,14H2,(H,27,31)(H,28,29)(H,30,33);2-5,10-12H,6-9,13H2,1H3,(H,25,29)(H,26,27)(H,28,31);1-4,9-11H,5-8,12H2,(H,28,32)(H,29,30)(H,31,34);3-8,10H,9H2,1-2H3,(H,23,27)(H,24,25)(H2,22,26,28). The number of hydrogen-bond donors (Lipinski definition) is 13. The maximum absolute atomic E-state index is 14.1. The number of benzene rings is 8. The number of rotatable bonds is 23. The number of H-pyrrole nitrogens is 8.